The van der Waals surface area contributed by atoms with Gasteiger partial charge in [-0.15, -0.1) is 0 Å². The van der Waals surface area contributed by atoms with Crippen LogP contribution in [0.25, 0.3) is 0 Å². The van der Waals surface area contributed by atoms with Crippen molar-refractivity contribution in [2.45, 2.75) is 16.3 Å². The number of carbonyl (C=O) groups excluding carboxylic acids is 1. The van der Waals surface area contributed by atoms with Gasteiger partial charge in [0, 0.05) is 0 Å². The number of rotatable bonds is 0. The molecular weight excluding hydrogens is 250 g/mol. The third kappa shape index (κ3) is 1.03. The summed E-state index contributed by atoms with van der Waals surface area (Å²) in [6.07, 6.45) is -1.10. The minimum Gasteiger partial charge on any atom is -0.442 e. The largest absolute Gasteiger partial charge is 0.442 e. The van der Waals surface area contributed by atoms with Crippen LogP contribution in [-0.4, -0.2) is 36.6 Å². The number of halogens is 1. The summed E-state index contributed by atoms with van der Waals surface area (Å²) < 4.78 is 26.4. The normalized spacial score (nSPS) is 43.4. The number of hydrogen-bond acceptors (Lipinski definition) is 4. The van der Waals surface area contributed by atoms with Gasteiger partial charge in [0.1, 0.15) is 0 Å². The van der Waals surface area contributed by atoms with E-state index in [1.54, 1.807) is 0 Å². The first-order chi connectivity index (χ1) is 5.50. The van der Waals surface area contributed by atoms with Crippen molar-refractivity contribution < 1.29 is 17.9 Å². The number of fused-ring (bicyclic) bond motifs is 1. The molecule has 12 heavy (non-hydrogen) atoms. The van der Waals surface area contributed by atoms with Gasteiger partial charge in [-0.1, -0.05) is 15.9 Å². The standard InChI is InChI=1S/C5H6BrNO4S/c6-4-3-2(1-12(4,9)10)7-5(8)11-3/h2-4H,1H2,(H,7,8). The van der Waals surface area contributed by atoms with Crippen LogP contribution in [0.1, 0.15) is 0 Å². The Kier molecular flexibility index (Phi) is 1.63. The molecule has 0 aliphatic carbocycles. The van der Waals surface area contributed by atoms with Crippen molar-refractivity contribution in [1.29, 1.82) is 0 Å². The van der Waals surface area contributed by atoms with Gasteiger partial charge in [-0.25, -0.2) is 13.2 Å². The molecule has 1 amide bonds. The van der Waals surface area contributed by atoms with E-state index in [4.69, 9.17) is 4.74 Å². The Morgan fingerprint density at radius 2 is 2.25 bits per heavy atom. The first-order valence-electron chi connectivity index (χ1n) is 3.33. The van der Waals surface area contributed by atoms with Crippen LogP contribution in [0.2, 0.25) is 0 Å². The Hall–Kier alpha value is -0.300. The quantitative estimate of drug-likeness (QED) is 0.599. The molecule has 0 bridgehead atoms. The van der Waals surface area contributed by atoms with Gasteiger partial charge in [-0.05, 0) is 0 Å². The zero-order valence-corrected chi connectivity index (χ0v) is 8.26. The number of ether oxygens (including phenoxy) is 1. The second kappa shape index (κ2) is 2.35. The van der Waals surface area contributed by atoms with E-state index in [2.05, 4.69) is 21.2 Å². The van der Waals surface area contributed by atoms with Crippen LogP contribution >= 0.6 is 15.9 Å². The SMILES string of the molecule is O=C1NC2CS(=O)(=O)C(Br)C2O1. The zero-order chi connectivity index (χ0) is 8.93. The number of nitrogens with one attached hydrogen (secondary N) is 1. The molecule has 3 unspecified atom stereocenters. The number of alkyl carbamates (subject to hydrolysis) is 1. The monoisotopic (exact) mass is 255 g/mol. The van der Waals surface area contributed by atoms with Crippen LogP contribution < -0.4 is 5.32 Å². The van der Waals surface area contributed by atoms with Crippen LogP contribution in [0.3, 0.4) is 0 Å². The van der Waals surface area contributed by atoms with Crippen LogP contribution in [-0.2, 0) is 14.6 Å². The van der Waals surface area contributed by atoms with Crippen molar-refractivity contribution in [3.05, 3.63) is 0 Å². The molecule has 68 valence electrons. The van der Waals surface area contributed by atoms with E-state index in [1.807, 2.05) is 0 Å². The van der Waals surface area contributed by atoms with E-state index in [1.165, 1.54) is 0 Å². The lowest BCUT2D eigenvalue weighted by molar-refractivity contribution is 0.144. The lowest BCUT2D eigenvalue weighted by Gasteiger charge is -2.06. The highest BCUT2D eigenvalue weighted by Crippen LogP contribution is 2.31. The maximum Gasteiger partial charge on any atom is 0.407 e. The molecule has 0 aromatic heterocycles. The van der Waals surface area contributed by atoms with Crippen molar-refractivity contribution in [1.82, 2.24) is 5.32 Å². The highest BCUT2D eigenvalue weighted by Gasteiger charge is 2.52. The molecule has 3 atom stereocenters. The molecule has 0 radical (unpaired) electrons. The molecule has 0 aromatic carbocycles. The van der Waals surface area contributed by atoms with Gasteiger partial charge in [-0.2, -0.15) is 0 Å². The Morgan fingerprint density at radius 3 is 2.83 bits per heavy atom. The fourth-order valence-electron chi connectivity index (χ4n) is 1.39. The smallest absolute Gasteiger partial charge is 0.407 e. The van der Waals surface area contributed by atoms with Crippen molar-refractivity contribution >= 4 is 31.9 Å². The summed E-state index contributed by atoms with van der Waals surface area (Å²) in [6, 6.07) is -0.383. The highest BCUT2D eigenvalue weighted by atomic mass is 79.9. The summed E-state index contributed by atoms with van der Waals surface area (Å²) >= 11 is 2.99. The summed E-state index contributed by atoms with van der Waals surface area (Å²) in [5.74, 6) is -0.0423. The lowest BCUT2D eigenvalue weighted by Crippen LogP contribution is -2.31. The van der Waals surface area contributed by atoms with Crippen molar-refractivity contribution in [2.75, 3.05) is 5.75 Å². The molecule has 2 rings (SSSR count). The second-order valence-corrected chi connectivity index (χ2v) is 6.56. The van der Waals surface area contributed by atoms with E-state index in [0.29, 0.717) is 0 Å². The first kappa shape index (κ1) is 8.31. The minimum absolute atomic E-state index is 0.0423. The molecule has 2 saturated heterocycles. The van der Waals surface area contributed by atoms with Crippen LogP contribution in [0, 0.1) is 0 Å². The third-order valence-corrected chi connectivity index (χ3v) is 5.96. The molecule has 0 aromatic rings. The molecule has 7 heteroatoms. The highest BCUT2D eigenvalue weighted by molar-refractivity contribution is 9.11. The molecular formula is C5H6BrNO4S. The predicted molar refractivity (Wildman–Crippen MR) is 43.7 cm³/mol. The van der Waals surface area contributed by atoms with E-state index < -0.39 is 26.2 Å². The van der Waals surface area contributed by atoms with Gasteiger partial charge in [-0.3, -0.25) is 0 Å². The Balaban J connectivity index is 2.30. The summed E-state index contributed by atoms with van der Waals surface area (Å²) in [5, 5.41) is 2.43. The zero-order valence-electron chi connectivity index (χ0n) is 5.86. The van der Waals surface area contributed by atoms with Gasteiger partial charge in [0.2, 0.25) is 0 Å². The molecule has 0 saturated carbocycles. The first-order valence-corrected chi connectivity index (χ1v) is 5.96. The summed E-state index contributed by atoms with van der Waals surface area (Å²) in [6.45, 7) is 0. The fourth-order valence-corrected chi connectivity index (χ4v) is 3.94. The molecule has 0 spiro atoms. The van der Waals surface area contributed by atoms with Gasteiger partial charge < -0.3 is 10.1 Å². The average molecular weight is 256 g/mol. The van der Waals surface area contributed by atoms with Gasteiger partial charge in [0.05, 0.1) is 11.8 Å². The molecule has 2 aliphatic heterocycles. The Morgan fingerprint density at radius 1 is 1.58 bits per heavy atom. The minimum atomic E-state index is -3.13. The van der Waals surface area contributed by atoms with Crippen LogP contribution in [0.5, 0.6) is 0 Å². The van der Waals surface area contributed by atoms with Crippen LogP contribution in [0.15, 0.2) is 0 Å². The van der Waals surface area contributed by atoms with Gasteiger partial charge >= 0.3 is 6.09 Å². The van der Waals surface area contributed by atoms with E-state index in [-0.39, 0.29) is 11.8 Å². The average Bonchev–Trinajstić information content (AvgIpc) is 2.35. The number of amides is 1. The molecule has 5 nitrogen and oxygen atoms in total. The number of sulfone groups is 1. The topological polar surface area (TPSA) is 72.5 Å². The Bertz CT molecular complexity index is 326. The van der Waals surface area contributed by atoms with E-state index in [9.17, 15) is 13.2 Å². The van der Waals surface area contributed by atoms with Gasteiger partial charge in [0.15, 0.2) is 20.1 Å². The molecule has 2 aliphatic rings. The van der Waals surface area contributed by atoms with E-state index in [0.717, 1.165) is 0 Å². The number of alkyl halides is 1. The molecule has 1 N–H and O–H groups in total. The summed E-state index contributed by atoms with van der Waals surface area (Å²) in [4.78, 5) is 10.7. The summed E-state index contributed by atoms with van der Waals surface area (Å²) in [7, 11) is -3.13. The third-order valence-electron chi connectivity index (χ3n) is 1.96. The van der Waals surface area contributed by atoms with Crippen molar-refractivity contribution in [3.63, 3.8) is 0 Å². The number of carbonyl (C=O) groups is 1. The molecule has 2 heterocycles. The number of hydrogen-bond donors (Lipinski definition) is 1. The predicted octanol–water partition coefficient (Wildman–Crippen LogP) is -0.387. The Labute approximate surface area is 77.5 Å². The van der Waals surface area contributed by atoms with Gasteiger partial charge in [0.25, 0.3) is 0 Å². The van der Waals surface area contributed by atoms with Crippen molar-refractivity contribution in [2.24, 2.45) is 0 Å². The molecule has 2 fully saturated rings. The van der Waals surface area contributed by atoms with Crippen LogP contribution in [0.4, 0.5) is 4.79 Å². The maximum atomic E-state index is 11.2. The maximum absolute atomic E-state index is 11.2. The summed E-state index contributed by atoms with van der Waals surface area (Å²) in [5.41, 5.74) is 0. The lowest BCUT2D eigenvalue weighted by atomic mass is 10.2. The second-order valence-electron chi connectivity index (χ2n) is 2.80. The van der Waals surface area contributed by atoms with Crippen molar-refractivity contribution in [3.8, 4) is 0 Å². The van der Waals surface area contributed by atoms with E-state index >= 15 is 0 Å². The fraction of sp³-hybridized carbons (Fsp3) is 0.800.